The molecule has 1 aromatic carbocycles. The fraction of sp³-hybridized carbons (Fsp3) is 0.350. The number of nitrogens with two attached hydrogens (primary N) is 1. The lowest BCUT2D eigenvalue weighted by Crippen LogP contribution is -2.47. The average Bonchev–Trinajstić information content (AvgIpc) is 3.26. The SMILES string of the molecule is CN(C)C(=O)c1ccc(Oc2nc(-c3cnc(N)s3)nc(N3CCOCC3CF)n2)c(F)c1. The minimum Gasteiger partial charge on any atom is -0.421 e. The van der Waals surface area contributed by atoms with Crippen LogP contribution in [0.3, 0.4) is 0 Å². The molecule has 1 aliphatic heterocycles. The molecule has 1 atom stereocenters. The molecule has 0 saturated carbocycles. The molecule has 1 fully saturated rings. The number of anilines is 2. The molecule has 1 unspecified atom stereocenters. The van der Waals surface area contributed by atoms with Gasteiger partial charge in [0.2, 0.25) is 5.95 Å². The lowest BCUT2D eigenvalue weighted by molar-refractivity contribution is 0.0826. The van der Waals surface area contributed by atoms with Crippen LogP contribution in [-0.2, 0) is 4.74 Å². The largest absolute Gasteiger partial charge is 0.421 e. The Kier molecular flexibility index (Phi) is 6.60. The molecule has 2 N–H and O–H groups in total. The number of carbonyl (C=O) groups is 1. The van der Waals surface area contributed by atoms with Crippen LogP contribution in [0.2, 0.25) is 0 Å². The third-order valence-corrected chi connectivity index (χ3v) is 5.62. The molecular weight excluding hydrogens is 456 g/mol. The van der Waals surface area contributed by atoms with E-state index < -0.39 is 18.5 Å². The number of morpholine rings is 1. The molecular formula is C20H21F2N7O3S. The van der Waals surface area contributed by atoms with E-state index in [4.69, 9.17) is 15.2 Å². The second-order valence-corrected chi connectivity index (χ2v) is 8.39. The highest BCUT2D eigenvalue weighted by Gasteiger charge is 2.27. The van der Waals surface area contributed by atoms with Crippen LogP contribution >= 0.6 is 11.3 Å². The van der Waals surface area contributed by atoms with Gasteiger partial charge in [0, 0.05) is 26.2 Å². The summed E-state index contributed by atoms with van der Waals surface area (Å²) in [5.74, 6) is -0.930. The monoisotopic (exact) mass is 477 g/mol. The molecule has 3 aromatic rings. The summed E-state index contributed by atoms with van der Waals surface area (Å²) in [6.45, 7) is 0.243. The topological polar surface area (TPSA) is 120 Å². The number of hydrogen-bond donors (Lipinski definition) is 1. The normalized spacial score (nSPS) is 16.0. The second kappa shape index (κ2) is 9.58. The van der Waals surface area contributed by atoms with Crippen molar-refractivity contribution in [3.8, 4) is 22.5 Å². The van der Waals surface area contributed by atoms with Crippen LogP contribution in [0.1, 0.15) is 10.4 Å². The van der Waals surface area contributed by atoms with E-state index in [0.717, 1.165) is 17.4 Å². The standard InChI is InChI=1S/C20H21F2N7O3S/c1-28(2)17(30)11-3-4-14(13(22)7-11)32-20-26-16(15-9-24-18(23)33-15)25-19(27-20)29-5-6-31-10-12(29)8-21/h3-4,7,9,12H,5-6,8,10H2,1-2H3,(H2,23,24). The predicted molar refractivity (Wildman–Crippen MR) is 118 cm³/mol. The highest BCUT2D eigenvalue weighted by atomic mass is 32.1. The Morgan fingerprint density at radius 2 is 2.18 bits per heavy atom. The van der Waals surface area contributed by atoms with Gasteiger partial charge in [0.15, 0.2) is 22.5 Å². The molecule has 0 aliphatic carbocycles. The van der Waals surface area contributed by atoms with E-state index in [9.17, 15) is 13.6 Å². The number of alkyl halides is 1. The molecule has 2 aromatic heterocycles. The molecule has 1 amide bonds. The molecule has 10 nitrogen and oxygen atoms in total. The van der Waals surface area contributed by atoms with Crippen molar-refractivity contribution in [3.63, 3.8) is 0 Å². The van der Waals surface area contributed by atoms with E-state index in [1.54, 1.807) is 19.0 Å². The Labute approximate surface area is 192 Å². The Bertz CT molecular complexity index is 1160. The minimum atomic E-state index is -0.763. The summed E-state index contributed by atoms with van der Waals surface area (Å²) in [5.41, 5.74) is 5.90. The molecule has 0 radical (unpaired) electrons. The summed E-state index contributed by atoms with van der Waals surface area (Å²) in [6, 6.07) is 3.05. The Morgan fingerprint density at radius 3 is 2.85 bits per heavy atom. The van der Waals surface area contributed by atoms with Crippen molar-refractivity contribution in [1.29, 1.82) is 0 Å². The fourth-order valence-corrected chi connectivity index (χ4v) is 3.76. The molecule has 13 heteroatoms. The van der Waals surface area contributed by atoms with E-state index in [1.807, 2.05) is 0 Å². The van der Waals surface area contributed by atoms with Gasteiger partial charge < -0.3 is 25.0 Å². The first-order valence-electron chi connectivity index (χ1n) is 9.93. The Morgan fingerprint density at radius 1 is 1.36 bits per heavy atom. The third-order valence-electron chi connectivity index (χ3n) is 4.80. The molecule has 1 aliphatic rings. The molecule has 33 heavy (non-hydrogen) atoms. The first-order valence-corrected chi connectivity index (χ1v) is 10.7. The minimum absolute atomic E-state index is 0.160. The second-order valence-electron chi connectivity index (χ2n) is 7.33. The zero-order chi connectivity index (χ0) is 23.5. The van der Waals surface area contributed by atoms with Gasteiger partial charge in [-0.05, 0) is 18.2 Å². The Hall–Kier alpha value is -3.45. The van der Waals surface area contributed by atoms with Crippen LogP contribution < -0.4 is 15.4 Å². The zero-order valence-electron chi connectivity index (χ0n) is 17.9. The van der Waals surface area contributed by atoms with Crippen molar-refractivity contribution < 1.29 is 23.0 Å². The maximum absolute atomic E-state index is 14.7. The number of amides is 1. The quantitative estimate of drug-likeness (QED) is 0.571. The van der Waals surface area contributed by atoms with Gasteiger partial charge in [-0.15, -0.1) is 0 Å². The van der Waals surface area contributed by atoms with Crippen LogP contribution in [0.15, 0.2) is 24.4 Å². The maximum Gasteiger partial charge on any atom is 0.327 e. The van der Waals surface area contributed by atoms with Gasteiger partial charge in [-0.3, -0.25) is 4.79 Å². The zero-order valence-corrected chi connectivity index (χ0v) is 18.7. The van der Waals surface area contributed by atoms with Gasteiger partial charge in [-0.2, -0.15) is 15.0 Å². The molecule has 174 valence electrons. The van der Waals surface area contributed by atoms with Gasteiger partial charge >= 0.3 is 6.01 Å². The number of nitrogen functional groups attached to an aromatic ring is 1. The van der Waals surface area contributed by atoms with Crippen LogP contribution in [-0.4, -0.2) is 77.3 Å². The van der Waals surface area contributed by atoms with E-state index in [1.165, 1.54) is 23.2 Å². The van der Waals surface area contributed by atoms with E-state index in [2.05, 4.69) is 19.9 Å². The molecule has 0 spiro atoms. The number of nitrogens with zero attached hydrogens (tertiary/aromatic N) is 6. The maximum atomic E-state index is 14.7. The third kappa shape index (κ3) is 4.98. The van der Waals surface area contributed by atoms with Crippen LogP contribution in [0.5, 0.6) is 11.8 Å². The van der Waals surface area contributed by atoms with Gasteiger partial charge in [-0.1, -0.05) is 11.3 Å². The van der Waals surface area contributed by atoms with Gasteiger partial charge in [0.1, 0.15) is 6.67 Å². The summed E-state index contributed by atoms with van der Waals surface area (Å²) >= 11 is 1.15. The van der Waals surface area contributed by atoms with E-state index in [-0.39, 0.29) is 41.6 Å². The summed E-state index contributed by atoms with van der Waals surface area (Å²) < 4.78 is 39.2. The van der Waals surface area contributed by atoms with Crippen molar-refractivity contribution in [2.75, 3.05) is 51.2 Å². The number of carbonyl (C=O) groups excluding carboxylic acids is 1. The highest BCUT2D eigenvalue weighted by molar-refractivity contribution is 7.18. The number of ether oxygens (including phenoxy) is 2. The van der Waals surface area contributed by atoms with Crippen molar-refractivity contribution in [2.45, 2.75) is 6.04 Å². The lowest BCUT2D eigenvalue weighted by atomic mass is 10.2. The highest BCUT2D eigenvalue weighted by Crippen LogP contribution is 2.30. The van der Waals surface area contributed by atoms with Crippen molar-refractivity contribution in [2.24, 2.45) is 0 Å². The summed E-state index contributed by atoms with van der Waals surface area (Å²) in [7, 11) is 3.14. The summed E-state index contributed by atoms with van der Waals surface area (Å²) in [6.07, 6.45) is 1.50. The van der Waals surface area contributed by atoms with Gasteiger partial charge in [-0.25, -0.2) is 13.8 Å². The molecule has 1 saturated heterocycles. The fourth-order valence-electron chi connectivity index (χ4n) is 3.14. The van der Waals surface area contributed by atoms with E-state index >= 15 is 0 Å². The predicted octanol–water partition coefficient (Wildman–Crippen LogP) is 2.39. The van der Waals surface area contributed by atoms with Crippen molar-refractivity contribution >= 4 is 28.3 Å². The van der Waals surface area contributed by atoms with Crippen molar-refractivity contribution in [1.82, 2.24) is 24.8 Å². The van der Waals surface area contributed by atoms with Gasteiger partial charge in [0.05, 0.1) is 30.3 Å². The molecule has 4 rings (SSSR count). The van der Waals surface area contributed by atoms with Gasteiger partial charge in [0.25, 0.3) is 5.91 Å². The number of rotatable bonds is 6. The van der Waals surface area contributed by atoms with Crippen LogP contribution in [0.4, 0.5) is 19.9 Å². The first-order chi connectivity index (χ1) is 15.9. The van der Waals surface area contributed by atoms with E-state index in [0.29, 0.717) is 23.2 Å². The molecule has 0 bridgehead atoms. The summed E-state index contributed by atoms with van der Waals surface area (Å²) in [4.78, 5) is 32.6. The Balaban J connectivity index is 1.71. The first kappa shape index (κ1) is 22.7. The number of hydrogen-bond acceptors (Lipinski definition) is 10. The average molecular weight is 477 g/mol. The number of thiazole rings is 1. The lowest BCUT2D eigenvalue weighted by Gasteiger charge is -2.33. The summed E-state index contributed by atoms with van der Waals surface area (Å²) in [5, 5.41) is 0.314. The van der Waals surface area contributed by atoms with Crippen LogP contribution in [0.25, 0.3) is 10.7 Å². The number of aromatic nitrogens is 4. The number of benzene rings is 1. The smallest absolute Gasteiger partial charge is 0.327 e. The van der Waals surface area contributed by atoms with Crippen LogP contribution in [0, 0.1) is 5.82 Å². The number of halogens is 2. The van der Waals surface area contributed by atoms with Crippen molar-refractivity contribution in [3.05, 3.63) is 35.8 Å². The molecule has 3 heterocycles.